The Morgan fingerprint density at radius 1 is 1.33 bits per heavy atom. The molecule has 3 rings (SSSR count). The van der Waals surface area contributed by atoms with Crippen LogP contribution in [0, 0.1) is 6.92 Å². The van der Waals surface area contributed by atoms with E-state index in [1.165, 1.54) is 4.88 Å². The van der Waals surface area contributed by atoms with Gasteiger partial charge in [0.25, 0.3) is 0 Å². The molecule has 1 aromatic carbocycles. The highest BCUT2D eigenvalue weighted by Gasteiger charge is 2.25. The van der Waals surface area contributed by atoms with Crippen molar-refractivity contribution >= 4 is 11.3 Å². The Kier molecular flexibility index (Phi) is 4.12. The molecule has 2 aromatic rings. The Morgan fingerprint density at radius 3 is 2.86 bits per heavy atom. The van der Waals surface area contributed by atoms with Gasteiger partial charge in [0.05, 0.1) is 5.69 Å². The molecule has 4 nitrogen and oxygen atoms in total. The van der Waals surface area contributed by atoms with Gasteiger partial charge in [-0.3, -0.25) is 0 Å². The maximum Gasteiger partial charge on any atom is 0.184 e. The normalized spacial score (nSPS) is 17.2. The molecule has 0 amide bonds. The number of hydrogen-bond donors (Lipinski definition) is 1. The molecule has 1 aromatic heterocycles. The number of aromatic nitrogens is 1. The summed E-state index contributed by atoms with van der Waals surface area (Å²) in [6.45, 7) is 7.71. The second-order valence-electron chi connectivity index (χ2n) is 5.46. The van der Waals surface area contributed by atoms with E-state index in [2.05, 4.69) is 31.1 Å². The maximum absolute atomic E-state index is 6.01. The number of nitrogens with one attached hydrogen (secondary N) is 1. The second kappa shape index (κ2) is 6.03. The number of aryl methyl sites for hydroxylation is 1. The molecule has 1 aliphatic heterocycles. The van der Waals surface area contributed by atoms with Crippen LogP contribution in [0.15, 0.2) is 24.3 Å². The molecule has 0 radical (unpaired) electrons. The van der Waals surface area contributed by atoms with E-state index in [1.807, 2.05) is 24.3 Å². The summed E-state index contributed by atoms with van der Waals surface area (Å²) in [5.41, 5.74) is 1.07. The number of fused-ring (bicyclic) bond motifs is 1. The topological polar surface area (TPSA) is 43.4 Å². The Hall–Kier alpha value is -1.59. The van der Waals surface area contributed by atoms with Crippen molar-refractivity contribution in [1.82, 2.24) is 10.3 Å². The minimum absolute atomic E-state index is 0.114. The van der Waals surface area contributed by atoms with Crippen LogP contribution < -0.4 is 14.8 Å². The smallest absolute Gasteiger partial charge is 0.184 e. The zero-order chi connectivity index (χ0) is 14.8. The van der Waals surface area contributed by atoms with Crippen LogP contribution >= 0.6 is 11.3 Å². The van der Waals surface area contributed by atoms with E-state index in [4.69, 9.17) is 9.47 Å². The van der Waals surface area contributed by atoms with Crippen LogP contribution in [0.4, 0.5) is 0 Å². The molecule has 0 spiro atoms. The van der Waals surface area contributed by atoms with Crippen molar-refractivity contribution in [3.05, 3.63) is 39.8 Å². The first-order chi connectivity index (χ1) is 10.1. The molecule has 2 heterocycles. The molecule has 112 valence electrons. The Labute approximate surface area is 129 Å². The molecule has 0 saturated heterocycles. The summed E-state index contributed by atoms with van der Waals surface area (Å²) in [7, 11) is 0. The van der Waals surface area contributed by atoms with Crippen LogP contribution in [0.2, 0.25) is 0 Å². The molecule has 1 aliphatic rings. The van der Waals surface area contributed by atoms with Gasteiger partial charge in [0, 0.05) is 17.5 Å². The van der Waals surface area contributed by atoms with Crippen LogP contribution in [0.25, 0.3) is 0 Å². The van der Waals surface area contributed by atoms with Crippen LogP contribution in [-0.4, -0.2) is 17.6 Å². The quantitative estimate of drug-likeness (QED) is 0.939. The summed E-state index contributed by atoms with van der Waals surface area (Å²) >= 11 is 1.70. The lowest BCUT2D eigenvalue weighted by molar-refractivity contribution is 0.0910. The van der Waals surface area contributed by atoms with E-state index in [0.29, 0.717) is 12.6 Å². The van der Waals surface area contributed by atoms with Gasteiger partial charge < -0.3 is 14.8 Å². The fourth-order valence-electron chi connectivity index (χ4n) is 2.19. The van der Waals surface area contributed by atoms with Crippen LogP contribution in [-0.2, 0) is 6.54 Å². The molecule has 0 bridgehead atoms. The molecule has 1 unspecified atom stereocenters. The lowest BCUT2D eigenvalue weighted by Crippen LogP contribution is -2.21. The van der Waals surface area contributed by atoms with E-state index in [-0.39, 0.29) is 6.10 Å². The van der Waals surface area contributed by atoms with Crippen molar-refractivity contribution in [2.24, 2.45) is 0 Å². The lowest BCUT2D eigenvalue weighted by atomic mass is 10.2. The highest BCUT2D eigenvalue weighted by atomic mass is 32.1. The standard InChI is InChI=1S/C16H20N2O2S/c1-10(2)17-8-15-11(3)18-16(21-15)14-9-19-12-6-4-5-7-13(12)20-14/h4-7,10,14,17H,8-9H2,1-3H3. The minimum atomic E-state index is -0.114. The van der Waals surface area contributed by atoms with Crippen molar-refractivity contribution < 1.29 is 9.47 Å². The van der Waals surface area contributed by atoms with E-state index >= 15 is 0 Å². The molecule has 1 N–H and O–H groups in total. The van der Waals surface area contributed by atoms with E-state index in [0.717, 1.165) is 28.7 Å². The van der Waals surface area contributed by atoms with Gasteiger partial charge in [-0.25, -0.2) is 4.98 Å². The van der Waals surface area contributed by atoms with Gasteiger partial charge in [0.2, 0.25) is 0 Å². The summed E-state index contributed by atoms with van der Waals surface area (Å²) in [6, 6.07) is 8.23. The number of para-hydroxylation sites is 2. The highest BCUT2D eigenvalue weighted by molar-refractivity contribution is 7.11. The Morgan fingerprint density at radius 2 is 2.10 bits per heavy atom. The number of rotatable bonds is 4. The predicted molar refractivity (Wildman–Crippen MR) is 84.1 cm³/mol. The average molecular weight is 304 g/mol. The zero-order valence-electron chi connectivity index (χ0n) is 12.6. The highest BCUT2D eigenvalue weighted by Crippen LogP contribution is 2.37. The van der Waals surface area contributed by atoms with Gasteiger partial charge in [-0.05, 0) is 19.1 Å². The van der Waals surface area contributed by atoms with Gasteiger partial charge in [0.1, 0.15) is 11.6 Å². The summed E-state index contributed by atoms with van der Waals surface area (Å²) in [6.07, 6.45) is -0.114. The van der Waals surface area contributed by atoms with Crippen molar-refractivity contribution in [3.8, 4) is 11.5 Å². The fourth-order valence-corrected chi connectivity index (χ4v) is 3.22. The molecular weight excluding hydrogens is 284 g/mol. The van der Waals surface area contributed by atoms with Gasteiger partial charge in [-0.15, -0.1) is 11.3 Å². The van der Waals surface area contributed by atoms with Crippen LogP contribution in [0.5, 0.6) is 11.5 Å². The van der Waals surface area contributed by atoms with Crippen molar-refractivity contribution in [1.29, 1.82) is 0 Å². The summed E-state index contributed by atoms with van der Waals surface area (Å²) in [4.78, 5) is 5.92. The zero-order valence-corrected chi connectivity index (χ0v) is 13.4. The fraction of sp³-hybridized carbons (Fsp3) is 0.438. The van der Waals surface area contributed by atoms with E-state index in [9.17, 15) is 0 Å². The van der Waals surface area contributed by atoms with Crippen LogP contribution in [0.3, 0.4) is 0 Å². The number of ether oxygens (including phenoxy) is 2. The summed E-state index contributed by atoms with van der Waals surface area (Å²) < 4.78 is 11.8. The number of hydrogen-bond acceptors (Lipinski definition) is 5. The monoisotopic (exact) mass is 304 g/mol. The molecule has 5 heteroatoms. The Bertz CT molecular complexity index is 624. The summed E-state index contributed by atoms with van der Waals surface area (Å²) in [5.74, 6) is 1.60. The predicted octanol–water partition coefficient (Wildman–Crippen LogP) is 3.46. The SMILES string of the molecule is Cc1nc(C2COc3ccccc3O2)sc1CNC(C)C. The molecule has 1 atom stereocenters. The van der Waals surface area contributed by atoms with Crippen LogP contribution in [0.1, 0.15) is 35.5 Å². The van der Waals surface area contributed by atoms with E-state index in [1.54, 1.807) is 11.3 Å². The molecule has 0 saturated carbocycles. The third-order valence-corrected chi connectivity index (χ3v) is 4.61. The van der Waals surface area contributed by atoms with Gasteiger partial charge in [0.15, 0.2) is 17.6 Å². The first-order valence-electron chi connectivity index (χ1n) is 7.21. The molecular formula is C16H20N2O2S. The molecule has 0 aliphatic carbocycles. The minimum Gasteiger partial charge on any atom is -0.485 e. The maximum atomic E-state index is 6.01. The lowest BCUT2D eigenvalue weighted by Gasteiger charge is -2.24. The van der Waals surface area contributed by atoms with Crippen molar-refractivity contribution in [3.63, 3.8) is 0 Å². The molecule has 21 heavy (non-hydrogen) atoms. The first kappa shape index (κ1) is 14.4. The first-order valence-corrected chi connectivity index (χ1v) is 8.03. The third-order valence-electron chi connectivity index (χ3n) is 3.36. The largest absolute Gasteiger partial charge is 0.485 e. The van der Waals surface area contributed by atoms with Crippen molar-refractivity contribution in [2.75, 3.05) is 6.61 Å². The van der Waals surface area contributed by atoms with E-state index < -0.39 is 0 Å². The molecule has 0 fully saturated rings. The summed E-state index contributed by atoms with van der Waals surface area (Å²) in [5, 5.41) is 4.42. The third kappa shape index (κ3) is 3.19. The van der Waals surface area contributed by atoms with Gasteiger partial charge in [-0.2, -0.15) is 0 Å². The number of benzene rings is 1. The number of thiazole rings is 1. The Balaban J connectivity index is 1.75. The van der Waals surface area contributed by atoms with Gasteiger partial charge >= 0.3 is 0 Å². The average Bonchev–Trinajstić information content (AvgIpc) is 2.86. The second-order valence-corrected chi connectivity index (χ2v) is 6.58. The van der Waals surface area contributed by atoms with Crippen molar-refractivity contribution in [2.45, 2.75) is 39.5 Å². The van der Waals surface area contributed by atoms with Gasteiger partial charge in [-0.1, -0.05) is 26.0 Å². The number of nitrogens with zero attached hydrogens (tertiary/aromatic N) is 1.